The first-order valence-electron chi connectivity index (χ1n) is 13.7. The van der Waals surface area contributed by atoms with E-state index in [2.05, 4.69) is 5.32 Å². The van der Waals surface area contributed by atoms with Crippen LogP contribution in [0.4, 0.5) is 10.5 Å². The molecule has 0 radical (unpaired) electrons. The van der Waals surface area contributed by atoms with E-state index < -0.39 is 18.2 Å². The van der Waals surface area contributed by atoms with Gasteiger partial charge < -0.3 is 19.0 Å². The summed E-state index contributed by atoms with van der Waals surface area (Å²) in [7, 11) is 0. The van der Waals surface area contributed by atoms with Crippen LogP contribution in [0.15, 0.2) is 132 Å². The van der Waals surface area contributed by atoms with Crippen molar-refractivity contribution in [2.24, 2.45) is 0 Å². The summed E-state index contributed by atoms with van der Waals surface area (Å²) in [5.41, 5.74) is 4.88. The van der Waals surface area contributed by atoms with Crippen molar-refractivity contribution in [3.63, 3.8) is 0 Å². The Labute approximate surface area is 247 Å². The number of hydrogen-bond acceptors (Lipinski definition) is 5. The number of amides is 1. The van der Waals surface area contributed by atoms with Gasteiger partial charge in [0.1, 0.15) is 28.7 Å². The minimum absolute atomic E-state index is 0.0978. The average molecular weight is 570 g/mol. The molecule has 5 aromatic carbocycles. The fourth-order valence-electron chi connectivity index (χ4n) is 4.85. The number of nitrogens with one attached hydrogen (secondary N) is 1. The molecule has 1 amide bonds. The predicted molar refractivity (Wildman–Crippen MR) is 166 cm³/mol. The van der Waals surface area contributed by atoms with Gasteiger partial charge in [0, 0.05) is 10.9 Å². The van der Waals surface area contributed by atoms with Gasteiger partial charge in [-0.15, -0.1) is 0 Å². The van der Waals surface area contributed by atoms with Gasteiger partial charge in [0.2, 0.25) is 0 Å². The summed E-state index contributed by atoms with van der Waals surface area (Å²) < 4.78 is 17.7. The summed E-state index contributed by atoms with van der Waals surface area (Å²) in [6.45, 7) is 1.83. The molecule has 0 aliphatic rings. The highest BCUT2D eigenvalue weighted by Crippen LogP contribution is 2.39. The standard InChI is InChI=1S/C36H27NO6/c1-23(24-9-3-2-4-10-24)41-36(40)37-33-29-11-5-7-13-31(29)43-34(33)27-17-15-25(16-18-27)26-19-21-28(22-20-26)42-32-14-8-6-12-30(32)35(38)39/h2-23H,1H3,(H,37,40)(H,38,39)/t23-/m1/s1. The smallest absolute Gasteiger partial charge is 0.412 e. The number of aromatic carboxylic acids is 1. The second-order valence-electron chi connectivity index (χ2n) is 9.89. The van der Waals surface area contributed by atoms with Crippen molar-refractivity contribution in [1.29, 1.82) is 0 Å². The monoisotopic (exact) mass is 569 g/mol. The molecule has 0 spiro atoms. The van der Waals surface area contributed by atoms with Gasteiger partial charge in [-0.2, -0.15) is 0 Å². The van der Waals surface area contributed by atoms with E-state index in [1.165, 1.54) is 6.07 Å². The van der Waals surface area contributed by atoms with Gasteiger partial charge in [0.05, 0.1) is 5.69 Å². The van der Waals surface area contributed by atoms with Crippen LogP contribution in [0.25, 0.3) is 33.4 Å². The maximum atomic E-state index is 12.9. The van der Waals surface area contributed by atoms with Crippen molar-refractivity contribution in [3.8, 4) is 33.9 Å². The quantitative estimate of drug-likeness (QED) is 0.189. The van der Waals surface area contributed by atoms with Crippen LogP contribution in [0.1, 0.15) is 28.9 Å². The highest BCUT2D eigenvalue weighted by Gasteiger charge is 2.20. The van der Waals surface area contributed by atoms with Gasteiger partial charge in [-0.25, -0.2) is 9.59 Å². The number of carboxylic acids is 1. The first-order valence-corrected chi connectivity index (χ1v) is 13.7. The highest BCUT2D eigenvalue weighted by atomic mass is 16.6. The zero-order chi connectivity index (χ0) is 29.8. The summed E-state index contributed by atoms with van der Waals surface area (Å²) in [6.07, 6.45) is -1.00. The third-order valence-electron chi connectivity index (χ3n) is 7.06. The molecular formula is C36H27NO6. The lowest BCUT2D eigenvalue weighted by molar-refractivity contribution is 0.0694. The van der Waals surface area contributed by atoms with E-state index in [1.807, 2.05) is 97.9 Å². The molecule has 7 heteroatoms. The lowest BCUT2D eigenvalue weighted by atomic mass is 10.0. The molecule has 6 rings (SSSR count). The molecule has 2 N–H and O–H groups in total. The number of carbonyl (C=O) groups excluding carboxylic acids is 1. The van der Waals surface area contributed by atoms with E-state index in [-0.39, 0.29) is 11.3 Å². The van der Waals surface area contributed by atoms with Crippen LogP contribution in [0.3, 0.4) is 0 Å². The van der Waals surface area contributed by atoms with Crippen LogP contribution < -0.4 is 10.1 Å². The number of carbonyl (C=O) groups is 2. The number of fused-ring (bicyclic) bond motifs is 1. The molecule has 1 aromatic heterocycles. The Balaban J connectivity index is 1.22. The van der Waals surface area contributed by atoms with Crippen LogP contribution in [0, 0.1) is 0 Å². The Morgan fingerprint density at radius 1 is 0.721 bits per heavy atom. The molecule has 0 aliphatic carbocycles. The minimum Gasteiger partial charge on any atom is -0.478 e. The van der Waals surface area contributed by atoms with E-state index in [0.29, 0.717) is 22.8 Å². The molecule has 1 heterocycles. The topological polar surface area (TPSA) is 98.0 Å². The molecule has 7 nitrogen and oxygen atoms in total. The Bertz CT molecular complexity index is 1890. The summed E-state index contributed by atoms with van der Waals surface area (Å²) in [6, 6.07) is 38.8. The molecule has 43 heavy (non-hydrogen) atoms. The largest absolute Gasteiger partial charge is 0.478 e. The van der Waals surface area contributed by atoms with Crippen molar-refractivity contribution >= 4 is 28.7 Å². The summed E-state index contributed by atoms with van der Waals surface area (Å²) in [4.78, 5) is 24.4. The van der Waals surface area contributed by atoms with Crippen molar-refractivity contribution < 1.29 is 28.6 Å². The van der Waals surface area contributed by atoms with Crippen molar-refractivity contribution in [2.75, 3.05) is 5.32 Å². The summed E-state index contributed by atoms with van der Waals surface area (Å²) in [5.74, 6) is 0.285. The van der Waals surface area contributed by atoms with Gasteiger partial charge in [-0.3, -0.25) is 5.32 Å². The van der Waals surface area contributed by atoms with Crippen molar-refractivity contribution in [3.05, 3.63) is 139 Å². The number of rotatable bonds is 8. The minimum atomic E-state index is -1.05. The average Bonchev–Trinajstić information content (AvgIpc) is 3.40. The Kier molecular flexibility index (Phi) is 7.61. The predicted octanol–water partition coefficient (Wildman–Crippen LogP) is 9.57. The molecule has 0 fully saturated rings. The summed E-state index contributed by atoms with van der Waals surface area (Å²) >= 11 is 0. The first kappa shape index (κ1) is 27.4. The van der Waals surface area contributed by atoms with Gasteiger partial charge in [-0.05, 0) is 60.0 Å². The number of ether oxygens (including phenoxy) is 2. The maximum Gasteiger partial charge on any atom is 0.412 e. The normalized spacial score (nSPS) is 11.6. The van der Waals surface area contributed by atoms with Gasteiger partial charge in [-0.1, -0.05) is 91.0 Å². The maximum absolute atomic E-state index is 12.9. The van der Waals surface area contributed by atoms with Crippen molar-refractivity contribution in [2.45, 2.75) is 13.0 Å². The molecule has 0 saturated heterocycles. The molecule has 0 aliphatic heterocycles. The van der Waals surface area contributed by atoms with Crippen molar-refractivity contribution in [1.82, 2.24) is 0 Å². The third-order valence-corrected chi connectivity index (χ3v) is 7.06. The van der Waals surface area contributed by atoms with E-state index in [9.17, 15) is 14.7 Å². The molecule has 0 unspecified atom stereocenters. The zero-order valence-corrected chi connectivity index (χ0v) is 23.2. The number of para-hydroxylation sites is 2. The molecule has 212 valence electrons. The van der Waals surface area contributed by atoms with Crippen LogP contribution in [0.5, 0.6) is 11.5 Å². The molecular weight excluding hydrogens is 542 g/mol. The Morgan fingerprint density at radius 3 is 2.05 bits per heavy atom. The van der Waals surface area contributed by atoms with Gasteiger partial charge in [0.25, 0.3) is 0 Å². The third kappa shape index (κ3) is 5.96. The number of carboxylic acid groups (broad SMARTS) is 1. The second kappa shape index (κ2) is 12.0. The lowest BCUT2D eigenvalue weighted by Crippen LogP contribution is -2.16. The highest BCUT2D eigenvalue weighted by molar-refractivity contribution is 6.05. The van der Waals surface area contributed by atoms with Gasteiger partial charge >= 0.3 is 12.1 Å². The number of hydrogen-bond donors (Lipinski definition) is 2. The fraction of sp³-hybridized carbons (Fsp3) is 0.0556. The van der Waals surface area contributed by atoms with E-state index in [0.717, 1.165) is 27.6 Å². The molecule has 1 atom stereocenters. The SMILES string of the molecule is C[C@@H](OC(=O)Nc1c(-c2ccc(-c3ccc(Oc4ccccc4C(=O)O)cc3)cc2)oc2ccccc12)c1ccccc1. The number of benzene rings is 5. The van der Waals surface area contributed by atoms with Crippen LogP contribution in [0.2, 0.25) is 0 Å². The fourth-order valence-corrected chi connectivity index (χ4v) is 4.85. The first-order chi connectivity index (χ1) is 21.0. The van der Waals surface area contributed by atoms with Crippen LogP contribution in [-0.4, -0.2) is 17.2 Å². The number of furan rings is 1. The van der Waals surface area contributed by atoms with E-state index in [4.69, 9.17) is 13.9 Å². The zero-order valence-electron chi connectivity index (χ0n) is 23.2. The molecule has 6 aromatic rings. The van der Waals surface area contributed by atoms with Crippen LogP contribution >= 0.6 is 0 Å². The molecule has 0 bridgehead atoms. The van der Waals surface area contributed by atoms with E-state index in [1.54, 1.807) is 30.3 Å². The second-order valence-corrected chi connectivity index (χ2v) is 9.89. The van der Waals surface area contributed by atoms with E-state index >= 15 is 0 Å². The lowest BCUT2D eigenvalue weighted by Gasteiger charge is -2.14. The van der Waals surface area contributed by atoms with Crippen LogP contribution in [-0.2, 0) is 4.74 Å². The summed E-state index contributed by atoms with van der Waals surface area (Å²) in [5, 5.41) is 13.1. The Morgan fingerprint density at radius 2 is 1.33 bits per heavy atom. The Hall–Kier alpha value is -5.82. The molecule has 0 saturated carbocycles. The number of anilines is 1. The van der Waals surface area contributed by atoms with Gasteiger partial charge in [0.15, 0.2) is 5.76 Å².